The first-order valence-electron chi connectivity index (χ1n) is 6.92. The van der Waals surface area contributed by atoms with E-state index in [9.17, 15) is 5.11 Å². The molecule has 1 aliphatic heterocycles. The van der Waals surface area contributed by atoms with E-state index in [-0.39, 0.29) is 5.75 Å². The smallest absolute Gasteiger partial charge is 0.266 e. The SMILES string of the molecule is Nc1cccc(-c2nc(N3CCCCCC3)no2)c1O. The number of para-hydroxylation sites is 1. The number of aromatic nitrogens is 2. The largest absolute Gasteiger partial charge is 0.505 e. The fourth-order valence-corrected chi connectivity index (χ4v) is 2.46. The van der Waals surface area contributed by atoms with Crippen molar-refractivity contribution in [3.05, 3.63) is 18.2 Å². The van der Waals surface area contributed by atoms with Crippen molar-refractivity contribution in [1.82, 2.24) is 10.1 Å². The van der Waals surface area contributed by atoms with E-state index in [0.29, 0.717) is 23.1 Å². The summed E-state index contributed by atoms with van der Waals surface area (Å²) in [6.45, 7) is 1.89. The summed E-state index contributed by atoms with van der Waals surface area (Å²) in [5.74, 6) is 0.872. The third-order valence-corrected chi connectivity index (χ3v) is 3.60. The topological polar surface area (TPSA) is 88.4 Å². The van der Waals surface area contributed by atoms with E-state index in [1.807, 2.05) is 0 Å². The summed E-state index contributed by atoms with van der Waals surface area (Å²) in [4.78, 5) is 6.51. The second-order valence-electron chi connectivity index (χ2n) is 5.04. The molecule has 2 heterocycles. The van der Waals surface area contributed by atoms with Crippen molar-refractivity contribution in [1.29, 1.82) is 0 Å². The predicted molar refractivity (Wildman–Crippen MR) is 76.5 cm³/mol. The van der Waals surface area contributed by atoms with E-state index >= 15 is 0 Å². The molecular formula is C14H18N4O2. The lowest BCUT2D eigenvalue weighted by Crippen LogP contribution is -2.24. The summed E-state index contributed by atoms with van der Waals surface area (Å²) >= 11 is 0. The van der Waals surface area contributed by atoms with Crippen LogP contribution < -0.4 is 10.6 Å². The molecule has 6 heteroatoms. The number of hydrogen-bond donors (Lipinski definition) is 2. The molecule has 1 aromatic heterocycles. The monoisotopic (exact) mass is 274 g/mol. The Morgan fingerprint density at radius 1 is 1.15 bits per heavy atom. The van der Waals surface area contributed by atoms with Crippen LogP contribution in [0.25, 0.3) is 11.5 Å². The molecular weight excluding hydrogens is 256 g/mol. The van der Waals surface area contributed by atoms with E-state index in [1.54, 1.807) is 18.2 Å². The van der Waals surface area contributed by atoms with E-state index in [1.165, 1.54) is 12.8 Å². The Morgan fingerprint density at radius 2 is 1.90 bits per heavy atom. The standard InChI is InChI=1S/C14H18N4O2/c15-11-7-5-6-10(12(11)19)13-16-14(17-20-13)18-8-3-1-2-4-9-18/h5-7,19H,1-4,8-9,15H2. The Morgan fingerprint density at radius 3 is 2.65 bits per heavy atom. The van der Waals surface area contributed by atoms with Crippen LogP contribution in [0.15, 0.2) is 22.7 Å². The van der Waals surface area contributed by atoms with Gasteiger partial charge in [-0.3, -0.25) is 0 Å². The van der Waals surface area contributed by atoms with Crippen molar-refractivity contribution in [3.63, 3.8) is 0 Å². The van der Waals surface area contributed by atoms with Crippen LogP contribution in [0.1, 0.15) is 25.7 Å². The zero-order valence-corrected chi connectivity index (χ0v) is 11.2. The van der Waals surface area contributed by atoms with E-state index in [0.717, 1.165) is 25.9 Å². The molecule has 0 amide bonds. The van der Waals surface area contributed by atoms with Gasteiger partial charge in [-0.25, -0.2) is 0 Å². The molecule has 2 aromatic rings. The number of nitrogen functional groups attached to an aromatic ring is 1. The van der Waals surface area contributed by atoms with Gasteiger partial charge in [-0.1, -0.05) is 18.9 Å². The van der Waals surface area contributed by atoms with Crippen molar-refractivity contribution in [2.75, 3.05) is 23.7 Å². The Bertz CT molecular complexity index is 589. The minimum absolute atomic E-state index is 0.0152. The fraction of sp³-hybridized carbons (Fsp3) is 0.429. The van der Waals surface area contributed by atoms with Gasteiger partial charge in [0.25, 0.3) is 11.8 Å². The molecule has 1 fully saturated rings. The Labute approximate surface area is 117 Å². The molecule has 106 valence electrons. The zero-order valence-electron chi connectivity index (χ0n) is 11.2. The Hall–Kier alpha value is -2.24. The molecule has 0 bridgehead atoms. The summed E-state index contributed by atoms with van der Waals surface area (Å²) in [5.41, 5.74) is 6.45. The van der Waals surface area contributed by atoms with E-state index in [2.05, 4.69) is 15.0 Å². The molecule has 3 N–H and O–H groups in total. The lowest BCUT2D eigenvalue weighted by molar-refractivity contribution is 0.423. The number of hydrogen-bond acceptors (Lipinski definition) is 6. The van der Waals surface area contributed by atoms with Crippen LogP contribution in [0.3, 0.4) is 0 Å². The second kappa shape index (κ2) is 5.40. The minimum atomic E-state index is -0.0152. The summed E-state index contributed by atoms with van der Waals surface area (Å²) in [6, 6.07) is 5.09. The van der Waals surface area contributed by atoms with Gasteiger partial charge in [0.15, 0.2) is 5.75 Å². The Balaban J connectivity index is 1.87. The summed E-state index contributed by atoms with van der Waals surface area (Å²) in [5, 5.41) is 14.0. The molecule has 0 radical (unpaired) electrons. The minimum Gasteiger partial charge on any atom is -0.505 e. The summed E-state index contributed by atoms with van der Waals surface area (Å²) in [6.07, 6.45) is 4.79. The summed E-state index contributed by atoms with van der Waals surface area (Å²) in [7, 11) is 0. The molecule has 6 nitrogen and oxygen atoms in total. The van der Waals surface area contributed by atoms with Gasteiger partial charge >= 0.3 is 0 Å². The first-order chi connectivity index (χ1) is 9.75. The van der Waals surface area contributed by atoms with Crippen molar-refractivity contribution in [2.45, 2.75) is 25.7 Å². The van der Waals surface area contributed by atoms with Gasteiger partial charge < -0.3 is 20.3 Å². The number of phenols is 1. The number of phenolic OH excluding ortho intramolecular Hbond substituents is 1. The third-order valence-electron chi connectivity index (χ3n) is 3.60. The molecule has 0 spiro atoms. The zero-order chi connectivity index (χ0) is 13.9. The molecule has 1 aromatic carbocycles. The average molecular weight is 274 g/mol. The van der Waals surface area contributed by atoms with Crippen LogP contribution in [0.4, 0.5) is 11.6 Å². The van der Waals surface area contributed by atoms with E-state index in [4.69, 9.17) is 10.3 Å². The average Bonchev–Trinajstić information content (AvgIpc) is 2.77. The van der Waals surface area contributed by atoms with Crippen LogP contribution in [0.5, 0.6) is 5.75 Å². The second-order valence-corrected chi connectivity index (χ2v) is 5.04. The Kier molecular flexibility index (Phi) is 3.45. The van der Waals surface area contributed by atoms with E-state index < -0.39 is 0 Å². The molecule has 1 saturated heterocycles. The van der Waals surface area contributed by atoms with Crippen LogP contribution in [-0.4, -0.2) is 28.3 Å². The lowest BCUT2D eigenvalue weighted by atomic mass is 10.2. The van der Waals surface area contributed by atoms with Gasteiger partial charge in [0.1, 0.15) is 0 Å². The van der Waals surface area contributed by atoms with Crippen LogP contribution in [-0.2, 0) is 0 Å². The lowest BCUT2D eigenvalue weighted by Gasteiger charge is -2.16. The normalized spacial score (nSPS) is 16.1. The quantitative estimate of drug-likeness (QED) is 0.645. The third kappa shape index (κ3) is 2.41. The van der Waals surface area contributed by atoms with Gasteiger partial charge in [0.05, 0.1) is 11.3 Å². The molecule has 0 aliphatic carbocycles. The first-order valence-corrected chi connectivity index (χ1v) is 6.92. The van der Waals surface area contributed by atoms with Gasteiger partial charge in [-0.2, -0.15) is 4.98 Å². The molecule has 1 aliphatic rings. The van der Waals surface area contributed by atoms with Crippen LogP contribution in [0.2, 0.25) is 0 Å². The first kappa shape index (κ1) is 12.8. The summed E-state index contributed by atoms with van der Waals surface area (Å²) < 4.78 is 5.26. The van der Waals surface area contributed by atoms with Gasteiger partial charge in [-0.15, -0.1) is 0 Å². The van der Waals surface area contributed by atoms with Crippen molar-refractivity contribution >= 4 is 11.6 Å². The van der Waals surface area contributed by atoms with Crippen LogP contribution in [0, 0.1) is 0 Å². The maximum Gasteiger partial charge on any atom is 0.266 e. The maximum atomic E-state index is 9.95. The number of rotatable bonds is 2. The molecule has 0 saturated carbocycles. The molecule has 3 rings (SSSR count). The van der Waals surface area contributed by atoms with Gasteiger partial charge in [0, 0.05) is 13.1 Å². The molecule has 0 atom stereocenters. The predicted octanol–water partition coefficient (Wildman–Crippen LogP) is 2.40. The highest BCUT2D eigenvalue weighted by Crippen LogP contribution is 2.33. The van der Waals surface area contributed by atoms with Crippen molar-refractivity contribution in [2.24, 2.45) is 0 Å². The number of anilines is 2. The van der Waals surface area contributed by atoms with Crippen molar-refractivity contribution in [3.8, 4) is 17.2 Å². The number of aromatic hydroxyl groups is 1. The molecule has 0 unspecified atom stereocenters. The van der Waals surface area contributed by atoms with Gasteiger partial charge in [0.2, 0.25) is 0 Å². The number of nitrogens with zero attached hydrogens (tertiary/aromatic N) is 3. The van der Waals surface area contributed by atoms with Crippen molar-refractivity contribution < 1.29 is 9.63 Å². The van der Waals surface area contributed by atoms with Gasteiger partial charge in [-0.05, 0) is 30.1 Å². The number of benzene rings is 1. The fourth-order valence-electron chi connectivity index (χ4n) is 2.46. The highest BCUT2D eigenvalue weighted by atomic mass is 16.5. The molecule has 20 heavy (non-hydrogen) atoms. The number of nitrogens with two attached hydrogens (primary N) is 1. The maximum absolute atomic E-state index is 9.95. The highest BCUT2D eigenvalue weighted by molar-refractivity contribution is 5.71. The highest BCUT2D eigenvalue weighted by Gasteiger charge is 2.18. The van der Waals surface area contributed by atoms with Crippen LogP contribution >= 0.6 is 0 Å².